The first-order valence-electron chi connectivity index (χ1n) is 11.7. The predicted molar refractivity (Wildman–Crippen MR) is 138 cm³/mol. The van der Waals surface area contributed by atoms with Gasteiger partial charge in [-0.25, -0.2) is 0 Å². The summed E-state index contributed by atoms with van der Waals surface area (Å²) in [6.45, 7) is 3.36. The van der Waals surface area contributed by atoms with E-state index in [1.54, 1.807) is 30.3 Å². The van der Waals surface area contributed by atoms with E-state index in [0.717, 1.165) is 23.2 Å². The molecule has 1 atom stereocenters. The van der Waals surface area contributed by atoms with Crippen molar-refractivity contribution in [2.45, 2.75) is 33.1 Å². The van der Waals surface area contributed by atoms with Crippen molar-refractivity contribution in [3.05, 3.63) is 72.3 Å². The highest BCUT2D eigenvalue weighted by atomic mass is 16.4. The number of oxazole rings is 1. The number of rotatable bonds is 10. The van der Waals surface area contributed by atoms with Gasteiger partial charge < -0.3 is 20.2 Å². The van der Waals surface area contributed by atoms with Crippen molar-refractivity contribution in [3.8, 4) is 11.1 Å². The quantitative estimate of drug-likeness (QED) is 0.226. The van der Waals surface area contributed by atoms with Gasteiger partial charge in [-0.1, -0.05) is 49.7 Å². The van der Waals surface area contributed by atoms with E-state index in [4.69, 9.17) is 4.42 Å². The predicted octanol–water partition coefficient (Wildman–Crippen LogP) is 6.27. The molecule has 0 aliphatic carbocycles. The Kier molecular flexibility index (Phi) is 7.44. The summed E-state index contributed by atoms with van der Waals surface area (Å²) in [5.41, 5.74) is 5.06. The molecule has 0 saturated carbocycles. The average molecular weight is 486 g/mol. The average Bonchev–Trinajstić information content (AvgIpc) is 3.25. The standard InChI is InChI=1S/C28H27N3O5/c1-3-4-21(27(34)35)15-25(33)20-7-5-18(6-8-20)19-9-11-22(12-10-19)30-28-31-24-14-13-23(29-17(2)32)16-26(24)36-28/h5-14,16,21H,3-4,15H2,1-2H3,(H,29,32)(H,30,31)(H,34,35). The lowest BCUT2D eigenvalue weighted by molar-refractivity contribution is -0.141. The van der Waals surface area contributed by atoms with E-state index in [2.05, 4.69) is 15.6 Å². The van der Waals surface area contributed by atoms with Crippen molar-refractivity contribution < 1.29 is 23.9 Å². The number of ketones is 1. The monoisotopic (exact) mass is 485 g/mol. The minimum atomic E-state index is -0.928. The van der Waals surface area contributed by atoms with Crippen molar-refractivity contribution in [1.82, 2.24) is 4.98 Å². The maximum absolute atomic E-state index is 12.5. The van der Waals surface area contributed by atoms with Gasteiger partial charge in [-0.05, 0) is 41.8 Å². The van der Waals surface area contributed by atoms with Gasteiger partial charge in [0.2, 0.25) is 5.91 Å². The number of anilines is 3. The molecule has 0 bridgehead atoms. The van der Waals surface area contributed by atoms with E-state index in [1.165, 1.54) is 6.92 Å². The molecule has 1 amide bonds. The molecule has 3 N–H and O–H groups in total. The Labute approximate surface area is 208 Å². The number of hydrogen-bond acceptors (Lipinski definition) is 6. The number of carboxylic acid groups (broad SMARTS) is 1. The number of carboxylic acids is 1. The zero-order valence-electron chi connectivity index (χ0n) is 20.1. The minimum absolute atomic E-state index is 0.00721. The number of fused-ring (bicyclic) bond motifs is 1. The summed E-state index contributed by atoms with van der Waals surface area (Å²) in [5, 5.41) is 15.2. The summed E-state index contributed by atoms with van der Waals surface area (Å²) < 4.78 is 5.76. The van der Waals surface area contributed by atoms with Gasteiger partial charge in [-0.2, -0.15) is 4.98 Å². The van der Waals surface area contributed by atoms with Crippen LogP contribution in [0.1, 0.15) is 43.5 Å². The smallest absolute Gasteiger partial charge is 0.306 e. The molecule has 1 heterocycles. The zero-order chi connectivity index (χ0) is 25.7. The van der Waals surface area contributed by atoms with E-state index in [-0.39, 0.29) is 18.1 Å². The van der Waals surface area contributed by atoms with E-state index < -0.39 is 11.9 Å². The van der Waals surface area contributed by atoms with Gasteiger partial charge in [-0.3, -0.25) is 14.4 Å². The van der Waals surface area contributed by atoms with Crippen molar-refractivity contribution in [3.63, 3.8) is 0 Å². The van der Waals surface area contributed by atoms with Crippen LogP contribution in [0.15, 0.2) is 71.1 Å². The largest absolute Gasteiger partial charge is 0.481 e. The molecule has 0 fully saturated rings. The van der Waals surface area contributed by atoms with Gasteiger partial charge in [0, 0.05) is 36.3 Å². The number of aromatic nitrogens is 1. The summed E-state index contributed by atoms with van der Waals surface area (Å²) in [4.78, 5) is 39.5. The SMILES string of the molecule is CCCC(CC(=O)c1ccc(-c2ccc(Nc3nc4ccc(NC(C)=O)cc4o3)cc2)cc1)C(=O)O. The first-order valence-corrected chi connectivity index (χ1v) is 11.7. The number of nitrogens with one attached hydrogen (secondary N) is 2. The normalized spacial score (nSPS) is 11.7. The molecule has 3 aromatic carbocycles. The highest BCUT2D eigenvalue weighted by Gasteiger charge is 2.21. The lowest BCUT2D eigenvalue weighted by atomic mass is 9.93. The number of carbonyl (C=O) groups is 3. The second-order valence-electron chi connectivity index (χ2n) is 8.61. The molecular weight excluding hydrogens is 458 g/mol. The van der Waals surface area contributed by atoms with Gasteiger partial charge in [0.25, 0.3) is 6.01 Å². The molecule has 8 nitrogen and oxygen atoms in total. The van der Waals surface area contributed by atoms with E-state index in [9.17, 15) is 19.5 Å². The van der Waals surface area contributed by atoms with Crippen LogP contribution in [0, 0.1) is 5.92 Å². The fourth-order valence-electron chi connectivity index (χ4n) is 3.98. The molecule has 0 saturated heterocycles. The van der Waals surface area contributed by atoms with Crippen LogP contribution >= 0.6 is 0 Å². The second-order valence-corrected chi connectivity index (χ2v) is 8.61. The first kappa shape index (κ1) is 24.7. The van der Waals surface area contributed by atoms with Gasteiger partial charge in [0.1, 0.15) is 5.52 Å². The number of benzene rings is 3. The van der Waals surface area contributed by atoms with Crippen molar-refractivity contribution in [2.75, 3.05) is 10.6 Å². The van der Waals surface area contributed by atoms with Crippen LogP contribution in [0.4, 0.5) is 17.4 Å². The highest BCUT2D eigenvalue weighted by Crippen LogP contribution is 2.27. The molecular formula is C28H27N3O5. The molecule has 1 aromatic heterocycles. The number of nitrogens with zero attached hydrogens (tertiary/aromatic N) is 1. The Balaban J connectivity index is 1.42. The van der Waals surface area contributed by atoms with Gasteiger partial charge >= 0.3 is 5.97 Å². The Morgan fingerprint density at radius 2 is 1.58 bits per heavy atom. The molecule has 0 aliphatic heterocycles. The number of Topliss-reactive ketones (excluding diaryl/α,β-unsaturated/α-hetero) is 1. The third-order valence-corrected chi connectivity index (χ3v) is 5.80. The number of amides is 1. The molecule has 36 heavy (non-hydrogen) atoms. The number of aliphatic carboxylic acids is 1. The lowest BCUT2D eigenvalue weighted by Crippen LogP contribution is -2.17. The summed E-state index contributed by atoms with van der Waals surface area (Å²) in [6.07, 6.45) is 1.22. The lowest BCUT2D eigenvalue weighted by Gasteiger charge is -2.10. The summed E-state index contributed by atoms with van der Waals surface area (Å²) in [7, 11) is 0. The zero-order valence-corrected chi connectivity index (χ0v) is 20.1. The third-order valence-electron chi connectivity index (χ3n) is 5.80. The maximum Gasteiger partial charge on any atom is 0.306 e. The van der Waals surface area contributed by atoms with Crippen molar-refractivity contribution in [1.29, 1.82) is 0 Å². The number of carbonyl (C=O) groups excluding carboxylic acids is 2. The van der Waals surface area contributed by atoms with Crippen LogP contribution in [-0.4, -0.2) is 27.8 Å². The topological polar surface area (TPSA) is 122 Å². The molecule has 0 spiro atoms. The highest BCUT2D eigenvalue weighted by molar-refractivity contribution is 5.98. The van der Waals surface area contributed by atoms with E-state index in [1.807, 2.05) is 43.3 Å². The first-order chi connectivity index (χ1) is 17.3. The summed E-state index contributed by atoms with van der Waals surface area (Å²) >= 11 is 0. The van der Waals surface area contributed by atoms with E-state index >= 15 is 0 Å². The molecule has 184 valence electrons. The van der Waals surface area contributed by atoms with Crippen molar-refractivity contribution >= 4 is 46.1 Å². The minimum Gasteiger partial charge on any atom is -0.481 e. The van der Waals surface area contributed by atoms with Crippen LogP contribution in [0.5, 0.6) is 0 Å². The molecule has 1 unspecified atom stereocenters. The fraction of sp³-hybridized carbons (Fsp3) is 0.214. The maximum atomic E-state index is 12.5. The van der Waals surface area contributed by atoms with Gasteiger partial charge in [0.15, 0.2) is 11.4 Å². The Hall–Kier alpha value is -4.46. The third kappa shape index (κ3) is 5.96. The molecule has 4 rings (SSSR count). The fourth-order valence-corrected chi connectivity index (χ4v) is 3.98. The summed E-state index contributed by atoms with van der Waals surface area (Å²) in [6, 6.07) is 20.5. The number of hydrogen-bond donors (Lipinski definition) is 3. The molecule has 8 heteroatoms. The second kappa shape index (κ2) is 10.9. The van der Waals surface area contributed by atoms with Crippen LogP contribution in [-0.2, 0) is 9.59 Å². The van der Waals surface area contributed by atoms with E-state index in [0.29, 0.717) is 34.8 Å². The molecule has 0 aliphatic rings. The van der Waals surface area contributed by atoms with Gasteiger partial charge in [-0.15, -0.1) is 0 Å². The van der Waals surface area contributed by atoms with Crippen molar-refractivity contribution in [2.24, 2.45) is 5.92 Å². The molecule has 4 aromatic rings. The Morgan fingerprint density at radius 1 is 0.944 bits per heavy atom. The summed E-state index contributed by atoms with van der Waals surface area (Å²) in [5.74, 6) is -1.90. The van der Waals surface area contributed by atoms with Crippen LogP contribution in [0.25, 0.3) is 22.2 Å². The molecule has 0 radical (unpaired) electrons. The Morgan fingerprint density at radius 3 is 2.19 bits per heavy atom. The van der Waals surface area contributed by atoms with Crippen LogP contribution < -0.4 is 10.6 Å². The van der Waals surface area contributed by atoms with Gasteiger partial charge in [0.05, 0.1) is 5.92 Å². The van der Waals surface area contributed by atoms with Crippen LogP contribution in [0.3, 0.4) is 0 Å². The van der Waals surface area contributed by atoms with Crippen LogP contribution in [0.2, 0.25) is 0 Å². The Bertz CT molecular complexity index is 1390.